The number of carboxylic acids is 1. The van der Waals surface area contributed by atoms with Gasteiger partial charge in [0.25, 0.3) is 5.91 Å². The van der Waals surface area contributed by atoms with Crippen molar-refractivity contribution >= 4 is 33.8 Å². The average Bonchev–Trinajstić information content (AvgIpc) is 2.66. The van der Waals surface area contributed by atoms with Gasteiger partial charge in [0.1, 0.15) is 5.60 Å². The molecule has 3 heterocycles. The van der Waals surface area contributed by atoms with Crippen molar-refractivity contribution in [2.24, 2.45) is 0 Å². The molecule has 0 aliphatic carbocycles. The molecule has 9 nitrogen and oxygen atoms in total. The van der Waals surface area contributed by atoms with Crippen molar-refractivity contribution in [3.63, 3.8) is 0 Å². The number of fused-ring (bicyclic) bond motifs is 1. The molecule has 1 aromatic heterocycles. The monoisotopic (exact) mass is 443 g/mol. The summed E-state index contributed by atoms with van der Waals surface area (Å²) in [4.78, 5) is 40.5. The van der Waals surface area contributed by atoms with Gasteiger partial charge in [0.2, 0.25) is 9.84 Å². The molecule has 1 fully saturated rings. The molecule has 0 aromatic carbocycles. The van der Waals surface area contributed by atoms with Crippen molar-refractivity contribution < 1.29 is 32.6 Å². The van der Waals surface area contributed by atoms with Crippen LogP contribution in [-0.4, -0.2) is 47.1 Å². The number of amides is 1. The number of carbonyl (C=O) groups excluding carboxylic acids is 3. The summed E-state index contributed by atoms with van der Waals surface area (Å²) in [5.74, 6) is -3.43. The van der Waals surface area contributed by atoms with Crippen molar-refractivity contribution in [3.05, 3.63) is 70.6 Å². The Morgan fingerprint density at radius 2 is 1.97 bits per heavy atom. The van der Waals surface area contributed by atoms with E-state index in [9.17, 15) is 27.9 Å². The Bertz CT molecular complexity index is 1190. The van der Waals surface area contributed by atoms with Crippen LogP contribution in [0.3, 0.4) is 0 Å². The largest absolute Gasteiger partial charge is 0.543 e. The number of β-lactam (4-membered cyclic amide) rings is 1. The fourth-order valence-corrected chi connectivity index (χ4v) is 4.84. The summed E-state index contributed by atoms with van der Waals surface area (Å²) in [6.45, 7) is 8.39. The fourth-order valence-electron chi connectivity index (χ4n) is 3.12. The first kappa shape index (κ1) is 22.2. The molecule has 0 bridgehead atoms. The summed E-state index contributed by atoms with van der Waals surface area (Å²) in [7, 11) is -4.24. The van der Waals surface area contributed by atoms with Crippen molar-refractivity contribution in [3.8, 4) is 0 Å². The molecule has 3 rings (SSSR count). The van der Waals surface area contributed by atoms with Crippen molar-refractivity contribution in [1.82, 2.24) is 9.88 Å². The first-order valence-electron chi connectivity index (χ1n) is 9.10. The Kier molecular flexibility index (Phi) is 5.45. The van der Waals surface area contributed by atoms with E-state index in [0.717, 1.165) is 12.2 Å². The first-order chi connectivity index (χ1) is 14.3. The number of aliphatic carboxylic acids is 1. The number of ether oxygens (including phenoxy) is 1. The van der Waals surface area contributed by atoms with E-state index >= 15 is 0 Å². The molecule has 2 aliphatic heterocycles. The molecule has 0 saturated carbocycles. The third-order valence-corrected chi connectivity index (χ3v) is 6.34. The molecular formula is C21H19N2O7S-. The summed E-state index contributed by atoms with van der Waals surface area (Å²) in [6.07, 6.45) is 4.57. The minimum atomic E-state index is -4.24. The lowest BCUT2D eigenvalue weighted by molar-refractivity contribution is -0.301. The Balaban J connectivity index is 2.08. The molecule has 10 heteroatoms. The summed E-state index contributed by atoms with van der Waals surface area (Å²) in [5.41, 5.74) is -1.73. The van der Waals surface area contributed by atoms with E-state index in [4.69, 9.17) is 4.74 Å². The van der Waals surface area contributed by atoms with E-state index in [1.165, 1.54) is 12.3 Å². The zero-order valence-corrected chi connectivity index (χ0v) is 17.8. The number of nitrogens with zero attached hydrogens (tertiary/aromatic N) is 2. The van der Waals surface area contributed by atoms with Crippen molar-refractivity contribution in [2.75, 3.05) is 0 Å². The molecule has 1 unspecified atom stereocenters. The molecule has 1 saturated heterocycles. The normalized spacial score (nSPS) is 21.8. The van der Waals surface area contributed by atoms with Crippen LogP contribution in [0.15, 0.2) is 64.9 Å². The average molecular weight is 443 g/mol. The van der Waals surface area contributed by atoms with Crippen LogP contribution in [0.25, 0.3) is 6.08 Å². The second kappa shape index (κ2) is 7.62. The molecule has 0 radical (unpaired) electrons. The van der Waals surface area contributed by atoms with E-state index in [0.29, 0.717) is 10.6 Å². The summed E-state index contributed by atoms with van der Waals surface area (Å²) in [5, 5.41) is 10.2. The predicted octanol–water partition coefficient (Wildman–Crippen LogP) is 0.477. The van der Waals surface area contributed by atoms with Crippen LogP contribution in [0.1, 0.15) is 26.5 Å². The van der Waals surface area contributed by atoms with E-state index in [-0.39, 0.29) is 5.57 Å². The van der Waals surface area contributed by atoms with Gasteiger partial charge < -0.3 is 14.6 Å². The lowest BCUT2D eigenvalue weighted by atomic mass is 10.00. The molecule has 1 atom stereocenters. The SMILES string of the molecule is C=C1C(/C=C/C(=O)OC(C)(C)C)=C(C(=O)[O-])N2C(=O)/C(=C/c3ccccn3)C2S1(=O)=O. The van der Waals surface area contributed by atoms with Crippen LogP contribution >= 0.6 is 0 Å². The molecule has 1 amide bonds. The van der Waals surface area contributed by atoms with Crippen LogP contribution in [0.5, 0.6) is 0 Å². The zero-order valence-electron chi connectivity index (χ0n) is 17.0. The maximum atomic E-state index is 13.0. The summed E-state index contributed by atoms with van der Waals surface area (Å²) < 4.78 is 31.1. The van der Waals surface area contributed by atoms with Crippen LogP contribution in [0.4, 0.5) is 0 Å². The van der Waals surface area contributed by atoms with Gasteiger partial charge in [-0.3, -0.25) is 14.7 Å². The van der Waals surface area contributed by atoms with Gasteiger partial charge in [-0.05, 0) is 45.1 Å². The van der Waals surface area contributed by atoms with Gasteiger partial charge in [-0.15, -0.1) is 0 Å². The third-order valence-electron chi connectivity index (χ3n) is 4.38. The predicted molar refractivity (Wildman–Crippen MR) is 108 cm³/mol. The molecular weight excluding hydrogens is 424 g/mol. The summed E-state index contributed by atoms with van der Waals surface area (Å²) in [6, 6.07) is 4.87. The molecule has 1 aromatic rings. The number of carboxylic acid groups (broad SMARTS) is 1. The van der Waals surface area contributed by atoms with Gasteiger partial charge in [0.05, 0.1) is 27.8 Å². The number of sulfone groups is 1. The Morgan fingerprint density at radius 1 is 1.29 bits per heavy atom. The van der Waals surface area contributed by atoms with E-state index in [1.807, 2.05) is 0 Å². The highest BCUT2D eigenvalue weighted by Crippen LogP contribution is 2.44. The molecule has 0 spiro atoms. The minimum absolute atomic E-state index is 0.145. The van der Waals surface area contributed by atoms with Crippen molar-refractivity contribution in [2.45, 2.75) is 31.7 Å². The van der Waals surface area contributed by atoms with Gasteiger partial charge in [-0.25, -0.2) is 13.2 Å². The first-order valence-corrected chi connectivity index (χ1v) is 10.7. The smallest absolute Gasteiger partial charge is 0.331 e. The zero-order chi connectivity index (χ0) is 23.1. The van der Waals surface area contributed by atoms with Crippen molar-refractivity contribution in [1.29, 1.82) is 0 Å². The number of aromatic nitrogens is 1. The van der Waals surface area contributed by atoms with Gasteiger partial charge >= 0.3 is 5.97 Å². The van der Waals surface area contributed by atoms with E-state index in [2.05, 4.69) is 11.6 Å². The van der Waals surface area contributed by atoms with Crippen LogP contribution in [0, 0.1) is 0 Å². The minimum Gasteiger partial charge on any atom is -0.543 e. The molecule has 2 aliphatic rings. The number of rotatable bonds is 4. The second-order valence-corrected chi connectivity index (χ2v) is 9.80. The highest BCUT2D eigenvalue weighted by atomic mass is 32.2. The fraction of sp³-hybridized carbons (Fsp3) is 0.238. The summed E-state index contributed by atoms with van der Waals surface area (Å²) >= 11 is 0. The highest BCUT2D eigenvalue weighted by Gasteiger charge is 2.56. The van der Waals surface area contributed by atoms with Crippen LogP contribution < -0.4 is 5.11 Å². The van der Waals surface area contributed by atoms with Gasteiger partial charge in [0, 0.05) is 17.8 Å². The molecule has 31 heavy (non-hydrogen) atoms. The van der Waals surface area contributed by atoms with E-state index < -0.39 is 54.8 Å². The lowest BCUT2D eigenvalue weighted by Gasteiger charge is -2.47. The number of allylic oxidation sites excluding steroid dienone is 2. The van der Waals surface area contributed by atoms with Gasteiger partial charge in [-0.1, -0.05) is 12.6 Å². The Hall–Kier alpha value is -3.53. The standard InChI is InChI=1S/C21H20N2O7S/c1-12-14(8-9-16(24)30-21(2,3)4)17(20(26)27)23-18(25)15(19(23)31(12,28)29)11-13-7-5-6-10-22-13/h5-11,19H,1H2,2-4H3,(H,26,27)/p-1/b9-8+,15-11-. The number of hydrogen-bond acceptors (Lipinski definition) is 8. The number of pyridine rings is 1. The van der Waals surface area contributed by atoms with E-state index in [1.54, 1.807) is 39.0 Å². The molecule has 0 N–H and O–H groups in total. The lowest BCUT2D eigenvalue weighted by Crippen LogP contribution is -2.62. The van der Waals surface area contributed by atoms with Gasteiger partial charge in [-0.2, -0.15) is 0 Å². The molecule has 162 valence electrons. The van der Waals surface area contributed by atoms with Crippen LogP contribution in [-0.2, 0) is 29.0 Å². The third kappa shape index (κ3) is 4.06. The Labute approximate surface area is 178 Å². The Morgan fingerprint density at radius 3 is 2.52 bits per heavy atom. The number of esters is 1. The highest BCUT2D eigenvalue weighted by molar-refractivity contribution is 7.96. The number of hydrogen-bond donors (Lipinski definition) is 0. The topological polar surface area (TPSA) is 134 Å². The second-order valence-electron chi connectivity index (χ2n) is 7.77. The maximum absolute atomic E-state index is 13.0. The van der Waals surface area contributed by atoms with Gasteiger partial charge in [0.15, 0.2) is 5.37 Å². The van der Waals surface area contributed by atoms with Crippen LogP contribution in [0.2, 0.25) is 0 Å². The quantitative estimate of drug-likeness (QED) is 0.373. The number of carbonyl (C=O) groups is 3. The maximum Gasteiger partial charge on any atom is 0.331 e.